The lowest BCUT2D eigenvalue weighted by Crippen LogP contribution is -2.13. The Bertz CT molecular complexity index is 318. The third kappa shape index (κ3) is 2.74. The van der Waals surface area contributed by atoms with E-state index >= 15 is 0 Å². The van der Waals surface area contributed by atoms with Crippen LogP contribution in [0, 0.1) is 6.92 Å². The predicted molar refractivity (Wildman–Crippen MR) is 67.2 cm³/mol. The third-order valence-electron chi connectivity index (χ3n) is 2.82. The van der Waals surface area contributed by atoms with Crippen LogP contribution in [0.2, 0.25) is 0 Å². The molecule has 4 heteroatoms. The minimum absolute atomic E-state index is 0.635. The number of hydrogen-bond acceptors (Lipinski definition) is 4. The Kier molecular flexibility index (Phi) is 4.05. The third-order valence-corrected chi connectivity index (χ3v) is 4.42. The van der Waals surface area contributed by atoms with Crippen molar-refractivity contribution in [2.45, 2.75) is 32.1 Å². The molecule has 0 aromatic carbocycles. The first-order valence-corrected chi connectivity index (χ1v) is 6.91. The summed E-state index contributed by atoms with van der Waals surface area (Å²) < 4.78 is 5.37. The van der Waals surface area contributed by atoms with Crippen LogP contribution in [-0.2, 0) is 11.2 Å². The lowest BCUT2D eigenvalue weighted by atomic mass is 10.0. The summed E-state index contributed by atoms with van der Waals surface area (Å²) in [5, 5.41) is 1.31. The summed E-state index contributed by atoms with van der Waals surface area (Å²) in [6.45, 7) is 3.90. The smallest absolute Gasteiger partial charge is 0.0963 e. The SMILES string of the molecule is Cc1nc(C2CCOCC2)sc1CCS. The molecule has 0 amide bonds. The summed E-state index contributed by atoms with van der Waals surface area (Å²) in [7, 11) is 0. The summed E-state index contributed by atoms with van der Waals surface area (Å²) in [5.41, 5.74) is 1.20. The van der Waals surface area contributed by atoms with Crippen LogP contribution in [0.5, 0.6) is 0 Å². The molecule has 15 heavy (non-hydrogen) atoms. The van der Waals surface area contributed by atoms with Gasteiger partial charge in [0.05, 0.1) is 10.7 Å². The van der Waals surface area contributed by atoms with Crippen molar-refractivity contribution in [3.8, 4) is 0 Å². The zero-order valence-electron chi connectivity index (χ0n) is 9.03. The van der Waals surface area contributed by atoms with Gasteiger partial charge in [-0.1, -0.05) is 0 Å². The van der Waals surface area contributed by atoms with E-state index in [1.165, 1.54) is 15.6 Å². The topological polar surface area (TPSA) is 22.1 Å². The molecule has 0 unspecified atom stereocenters. The first-order chi connectivity index (χ1) is 7.31. The quantitative estimate of drug-likeness (QED) is 0.825. The van der Waals surface area contributed by atoms with Crippen LogP contribution >= 0.6 is 24.0 Å². The summed E-state index contributed by atoms with van der Waals surface area (Å²) in [6.07, 6.45) is 3.32. The number of thiazole rings is 1. The van der Waals surface area contributed by atoms with Gasteiger partial charge < -0.3 is 4.74 Å². The van der Waals surface area contributed by atoms with E-state index in [9.17, 15) is 0 Å². The summed E-state index contributed by atoms with van der Waals surface area (Å²) in [5.74, 6) is 1.55. The number of aromatic nitrogens is 1. The van der Waals surface area contributed by atoms with Gasteiger partial charge in [0.25, 0.3) is 0 Å². The fraction of sp³-hybridized carbons (Fsp3) is 0.727. The predicted octanol–water partition coefficient (Wildman–Crippen LogP) is 2.82. The van der Waals surface area contributed by atoms with E-state index < -0.39 is 0 Å². The molecule has 2 heterocycles. The fourth-order valence-corrected chi connectivity index (χ4v) is 3.51. The molecule has 0 spiro atoms. The molecule has 0 bridgehead atoms. The van der Waals surface area contributed by atoms with Gasteiger partial charge in [0.1, 0.15) is 0 Å². The second-order valence-electron chi connectivity index (χ2n) is 3.92. The van der Waals surface area contributed by atoms with Gasteiger partial charge in [-0.3, -0.25) is 0 Å². The highest BCUT2D eigenvalue weighted by Gasteiger charge is 2.20. The van der Waals surface area contributed by atoms with Gasteiger partial charge in [-0.25, -0.2) is 4.98 Å². The summed E-state index contributed by atoms with van der Waals surface area (Å²) in [4.78, 5) is 6.09. The maximum Gasteiger partial charge on any atom is 0.0963 e. The Morgan fingerprint density at radius 3 is 2.87 bits per heavy atom. The van der Waals surface area contributed by atoms with Gasteiger partial charge in [0.2, 0.25) is 0 Å². The summed E-state index contributed by atoms with van der Waals surface area (Å²) >= 11 is 6.15. The molecular weight excluding hydrogens is 226 g/mol. The molecule has 1 fully saturated rings. The second kappa shape index (κ2) is 5.32. The van der Waals surface area contributed by atoms with E-state index in [0.29, 0.717) is 5.92 Å². The molecule has 1 aromatic rings. The van der Waals surface area contributed by atoms with Crippen LogP contribution in [0.25, 0.3) is 0 Å². The van der Waals surface area contributed by atoms with Crippen molar-refractivity contribution in [2.75, 3.05) is 19.0 Å². The second-order valence-corrected chi connectivity index (χ2v) is 5.48. The van der Waals surface area contributed by atoms with E-state index in [0.717, 1.165) is 38.2 Å². The van der Waals surface area contributed by atoms with Gasteiger partial charge in [-0.15, -0.1) is 11.3 Å². The number of aryl methyl sites for hydroxylation is 2. The normalized spacial score (nSPS) is 18.3. The number of nitrogens with zero attached hydrogens (tertiary/aromatic N) is 1. The van der Waals surface area contributed by atoms with Crippen LogP contribution in [0.1, 0.15) is 34.3 Å². The first-order valence-electron chi connectivity index (χ1n) is 5.46. The minimum atomic E-state index is 0.635. The van der Waals surface area contributed by atoms with Crippen molar-refractivity contribution >= 4 is 24.0 Å². The highest BCUT2D eigenvalue weighted by molar-refractivity contribution is 7.80. The fourth-order valence-electron chi connectivity index (χ4n) is 1.90. The average Bonchev–Trinajstić information content (AvgIpc) is 2.63. The molecule has 84 valence electrons. The van der Waals surface area contributed by atoms with Crippen LogP contribution < -0.4 is 0 Å². The molecule has 0 saturated carbocycles. The molecule has 0 aliphatic carbocycles. The molecule has 1 aliphatic heterocycles. The van der Waals surface area contributed by atoms with Crippen LogP contribution in [-0.4, -0.2) is 24.0 Å². The van der Waals surface area contributed by atoms with Gasteiger partial charge in [0, 0.05) is 24.0 Å². The van der Waals surface area contributed by atoms with Crippen LogP contribution in [0.3, 0.4) is 0 Å². The maximum absolute atomic E-state index is 5.37. The van der Waals surface area contributed by atoms with Crippen LogP contribution in [0.4, 0.5) is 0 Å². The number of thiol groups is 1. The minimum Gasteiger partial charge on any atom is -0.381 e. The maximum atomic E-state index is 5.37. The van der Waals surface area contributed by atoms with Crippen molar-refractivity contribution in [1.29, 1.82) is 0 Å². The van der Waals surface area contributed by atoms with Gasteiger partial charge in [0.15, 0.2) is 0 Å². The molecule has 0 atom stereocenters. The largest absolute Gasteiger partial charge is 0.381 e. The van der Waals surface area contributed by atoms with Crippen molar-refractivity contribution in [3.05, 3.63) is 15.6 Å². The first kappa shape index (κ1) is 11.4. The van der Waals surface area contributed by atoms with Gasteiger partial charge >= 0.3 is 0 Å². The lowest BCUT2D eigenvalue weighted by molar-refractivity contribution is 0.0852. The molecule has 0 N–H and O–H groups in total. The van der Waals surface area contributed by atoms with Crippen molar-refractivity contribution in [2.24, 2.45) is 0 Å². The molecule has 1 aromatic heterocycles. The van der Waals surface area contributed by atoms with E-state index in [1.807, 2.05) is 11.3 Å². The number of hydrogen-bond donors (Lipinski definition) is 1. The number of ether oxygens (including phenoxy) is 1. The molecule has 0 radical (unpaired) electrons. The highest BCUT2D eigenvalue weighted by Crippen LogP contribution is 2.31. The molecular formula is C11H17NOS2. The summed E-state index contributed by atoms with van der Waals surface area (Å²) in [6, 6.07) is 0. The Balaban J connectivity index is 2.10. The molecule has 1 saturated heterocycles. The van der Waals surface area contributed by atoms with Gasteiger partial charge in [-0.05, 0) is 31.9 Å². The Hall–Kier alpha value is -0.0600. The Morgan fingerprint density at radius 1 is 1.47 bits per heavy atom. The monoisotopic (exact) mass is 243 g/mol. The zero-order valence-corrected chi connectivity index (χ0v) is 10.7. The Labute approximate surface area is 100 Å². The van der Waals surface area contributed by atoms with Crippen molar-refractivity contribution in [3.63, 3.8) is 0 Å². The van der Waals surface area contributed by atoms with E-state index in [4.69, 9.17) is 4.74 Å². The molecule has 1 aliphatic rings. The highest BCUT2D eigenvalue weighted by atomic mass is 32.1. The standard InChI is InChI=1S/C11H17NOS2/c1-8-10(4-7-14)15-11(12-8)9-2-5-13-6-3-9/h9,14H,2-7H2,1H3. The average molecular weight is 243 g/mol. The van der Waals surface area contributed by atoms with Crippen molar-refractivity contribution < 1.29 is 4.74 Å². The lowest BCUT2D eigenvalue weighted by Gasteiger charge is -2.19. The van der Waals surface area contributed by atoms with Gasteiger partial charge in [-0.2, -0.15) is 12.6 Å². The van der Waals surface area contributed by atoms with Crippen LogP contribution in [0.15, 0.2) is 0 Å². The number of rotatable bonds is 3. The van der Waals surface area contributed by atoms with E-state index in [1.54, 1.807) is 0 Å². The Morgan fingerprint density at radius 2 is 2.20 bits per heavy atom. The van der Waals surface area contributed by atoms with E-state index in [-0.39, 0.29) is 0 Å². The van der Waals surface area contributed by atoms with E-state index in [2.05, 4.69) is 24.5 Å². The molecule has 2 rings (SSSR count). The van der Waals surface area contributed by atoms with Crippen molar-refractivity contribution in [1.82, 2.24) is 4.98 Å². The zero-order chi connectivity index (χ0) is 10.7. The molecule has 2 nitrogen and oxygen atoms in total.